The maximum absolute atomic E-state index is 12.9. The van der Waals surface area contributed by atoms with Crippen LogP contribution in [-0.2, 0) is 10.0 Å². The Kier molecular flexibility index (Phi) is 5.75. The molecule has 130 valence electrons. The molecular weight excluding hydrogens is 369 g/mol. The molecule has 1 aliphatic rings. The average molecular weight is 388 g/mol. The maximum Gasteiger partial charge on any atom is 0.215 e. The van der Waals surface area contributed by atoms with Crippen molar-refractivity contribution in [2.45, 2.75) is 0 Å². The van der Waals surface area contributed by atoms with Gasteiger partial charge in [-0.05, 0) is 24.3 Å². The molecule has 2 heterocycles. The van der Waals surface area contributed by atoms with E-state index in [1.54, 1.807) is 28.2 Å². The number of sulfonamides is 1. The molecule has 0 bridgehead atoms. The van der Waals surface area contributed by atoms with Crippen LogP contribution in [0.1, 0.15) is 0 Å². The van der Waals surface area contributed by atoms with E-state index in [9.17, 15) is 12.8 Å². The van der Waals surface area contributed by atoms with Crippen molar-refractivity contribution in [2.75, 3.05) is 42.2 Å². The first kappa shape index (κ1) is 17.7. The topological polar surface area (TPSA) is 62.3 Å². The van der Waals surface area contributed by atoms with Crippen molar-refractivity contribution in [2.24, 2.45) is 0 Å². The molecule has 24 heavy (non-hydrogen) atoms. The molecule has 1 N–H and O–H groups in total. The number of hydrogen-bond donors (Lipinski definition) is 1. The van der Waals surface area contributed by atoms with Crippen LogP contribution in [-0.4, -0.2) is 54.6 Å². The normalized spacial score (nSPS) is 16.2. The van der Waals surface area contributed by atoms with Gasteiger partial charge in [0.2, 0.25) is 10.0 Å². The third kappa shape index (κ3) is 4.47. The SMILES string of the molecule is O=S(=O)(CCNc1nc(-c2ccc(F)cc2)cs1)N1CCSCC1. The van der Waals surface area contributed by atoms with Gasteiger partial charge in [-0.2, -0.15) is 11.8 Å². The van der Waals surface area contributed by atoms with Crippen LogP contribution < -0.4 is 5.32 Å². The molecule has 5 nitrogen and oxygen atoms in total. The van der Waals surface area contributed by atoms with Crippen LogP contribution in [0.3, 0.4) is 0 Å². The Morgan fingerprint density at radius 3 is 2.62 bits per heavy atom. The lowest BCUT2D eigenvalue weighted by Gasteiger charge is -2.25. The second kappa shape index (κ2) is 7.81. The lowest BCUT2D eigenvalue weighted by molar-refractivity contribution is 0.444. The Labute approximate surface area is 149 Å². The summed E-state index contributed by atoms with van der Waals surface area (Å²) in [6.07, 6.45) is 0. The van der Waals surface area contributed by atoms with E-state index in [4.69, 9.17) is 0 Å². The summed E-state index contributed by atoms with van der Waals surface area (Å²) in [5.74, 6) is 1.50. The number of nitrogens with zero attached hydrogens (tertiary/aromatic N) is 2. The highest BCUT2D eigenvalue weighted by molar-refractivity contribution is 7.99. The van der Waals surface area contributed by atoms with Crippen LogP contribution >= 0.6 is 23.1 Å². The highest BCUT2D eigenvalue weighted by atomic mass is 32.2. The van der Waals surface area contributed by atoms with Crippen LogP contribution in [0.15, 0.2) is 29.6 Å². The van der Waals surface area contributed by atoms with Crippen LogP contribution in [0.25, 0.3) is 11.3 Å². The monoisotopic (exact) mass is 387 g/mol. The van der Waals surface area contributed by atoms with E-state index in [0.717, 1.165) is 22.8 Å². The number of thioether (sulfide) groups is 1. The molecule has 9 heteroatoms. The van der Waals surface area contributed by atoms with Gasteiger partial charge in [0.25, 0.3) is 0 Å². The predicted molar refractivity (Wildman–Crippen MR) is 98.7 cm³/mol. The second-order valence-electron chi connectivity index (χ2n) is 5.30. The van der Waals surface area contributed by atoms with Gasteiger partial charge in [0.15, 0.2) is 5.13 Å². The molecule has 1 aliphatic heterocycles. The summed E-state index contributed by atoms with van der Waals surface area (Å²) in [6.45, 7) is 1.51. The number of thiazole rings is 1. The largest absolute Gasteiger partial charge is 0.360 e. The van der Waals surface area contributed by atoms with Gasteiger partial charge in [-0.25, -0.2) is 22.1 Å². The van der Waals surface area contributed by atoms with Gasteiger partial charge in [0.05, 0.1) is 11.4 Å². The number of nitrogens with one attached hydrogen (secondary N) is 1. The Balaban J connectivity index is 1.54. The van der Waals surface area contributed by atoms with Crippen molar-refractivity contribution in [3.63, 3.8) is 0 Å². The van der Waals surface area contributed by atoms with Crippen molar-refractivity contribution >= 4 is 38.3 Å². The number of rotatable bonds is 6. The summed E-state index contributed by atoms with van der Waals surface area (Å²) >= 11 is 3.19. The molecule has 1 fully saturated rings. The third-order valence-electron chi connectivity index (χ3n) is 3.64. The minimum Gasteiger partial charge on any atom is -0.360 e. The molecule has 3 rings (SSSR count). The van der Waals surface area contributed by atoms with Crippen molar-refractivity contribution < 1.29 is 12.8 Å². The summed E-state index contributed by atoms with van der Waals surface area (Å²) in [7, 11) is -3.21. The molecule has 1 aromatic heterocycles. The van der Waals surface area contributed by atoms with Crippen molar-refractivity contribution in [1.29, 1.82) is 0 Å². The number of halogens is 1. The first-order chi connectivity index (χ1) is 11.5. The van der Waals surface area contributed by atoms with E-state index in [-0.39, 0.29) is 11.6 Å². The van der Waals surface area contributed by atoms with E-state index in [0.29, 0.717) is 24.8 Å². The smallest absolute Gasteiger partial charge is 0.215 e. The fraction of sp³-hybridized carbons (Fsp3) is 0.400. The van der Waals surface area contributed by atoms with Gasteiger partial charge in [0.1, 0.15) is 5.82 Å². The van der Waals surface area contributed by atoms with Gasteiger partial charge in [-0.3, -0.25) is 0 Å². The fourth-order valence-corrected chi connectivity index (χ4v) is 5.59. The summed E-state index contributed by atoms with van der Waals surface area (Å²) in [4.78, 5) is 4.42. The van der Waals surface area contributed by atoms with Gasteiger partial charge in [-0.15, -0.1) is 11.3 Å². The molecule has 0 saturated carbocycles. The summed E-state index contributed by atoms with van der Waals surface area (Å²) in [6, 6.07) is 6.14. The summed E-state index contributed by atoms with van der Waals surface area (Å²) < 4.78 is 39.0. The zero-order valence-electron chi connectivity index (χ0n) is 12.9. The number of anilines is 1. The van der Waals surface area contributed by atoms with Crippen molar-refractivity contribution in [3.8, 4) is 11.3 Å². The van der Waals surface area contributed by atoms with Gasteiger partial charge in [0, 0.05) is 42.1 Å². The lowest BCUT2D eigenvalue weighted by Crippen LogP contribution is -2.40. The maximum atomic E-state index is 12.9. The van der Waals surface area contributed by atoms with Crippen LogP contribution in [0, 0.1) is 5.82 Å². The quantitative estimate of drug-likeness (QED) is 0.826. The molecule has 0 aliphatic carbocycles. The first-order valence-electron chi connectivity index (χ1n) is 7.55. The standard InChI is InChI=1S/C15H18FN3O2S3/c16-13-3-1-12(2-4-13)14-11-23-15(18-14)17-5-10-24(20,21)19-6-8-22-9-7-19/h1-4,11H,5-10H2,(H,17,18). The zero-order chi connectivity index (χ0) is 17.0. The van der Waals surface area contributed by atoms with Gasteiger partial charge in [-0.1, -0.05) is 0 Å². The number of hydrogen-bond acceptors (Lipinski definition) is 6. The molecule has 1 aromatic carbocycles. The third-order valence-corrected chi connectivity index (χ3v) is 7.26. The molecule has 2 aromatic rings. The molecule has 1 saturated heterocycles. The molecular formula is C15H18FN3O2S3. The van der Waals surface area contributed by atoms with E-state index < -0.39 is 10.0 Å². The Hall–Kier alpha value is -1.16. The Morgan fingerprint density at radius 1 is 1.21 bits per heavy atom. The van der Waals surface area contributed by atoms with Crippen molar-refractivity contribution in [1.82, 2.24) is 9.29 Å². The second-order valence-corrected chi connectivity index (χ2v) is 9.47. The van der Waals surface area contributed by atoms with Gasteiger partial charge < -0.3 is 5.32 Å². The summed E-state index contributed by atoms with van der Waals surface area (Å²) in [5, 5.41) is 5.60. The van der Waals surface area contributed by atoms with E-state index in [2.05, 4.69) is 10.3 Å². The van der Waals surface area contributed by atoms with E-state index in [1.807, 2.05) is 5.38 Å². The fourth-order valence-electron chi connectivity index (χ4n) is 2.35. The van der Waals surface area contributed by atoms with Crippen LogP contribution in [0.4, 0.5) is 9.52 Å². The van der Waals surface area contributed by atoms with E-state index >= 15 is 0 Å². The number of benzene rings is 1. The number of aromatic nitrogens is 1. The molecule has 0 unspecified atom stereocenters. The molecule has 0 radical (unpaired) electrons. The lowest BCUT2D eigenvalue weighted by atomic mass is 10.2. The summed E-state index contributed by atoms with van der Waals surface area (Å²) in [5.41, 5.74) is 1.58. The Morgan fingerprint density at radius 2 is 1.92 bits per heavy atom. The van der Waals surface area contributed by atoms with E-state index in [1.165, 1.54) is 23.5 Å². The Bertz CT molecular complexity index is 772. The highest BCUT2D eigenvalue weighted by Crippen LogP contribution is 2.25. The van der Waals surface area contributed by atoms with Gasteiger partial charge >= 0.3 is 0 Å². The first-order valence-corrected chi connectivity index (χ1v) is 11.2. The molecule has 0 amide bonds. The molecule has 0 atom stereocenters. The highest BCUT2D eigenvalue weighted by Gasteiger charge is 2.23. The zero-order valence-corrected chi connectivity index (χ0v) is 15.4. The average Bonchev–Trinajstić information content (AvgIpc) is 3.05. The minimum atomic E-state index is -3.21. The van der Waals surface area contributed by atoms with Crippen LogP contribution in [0.2, 0.25) is 0 Å². The van der Waals surface area contributed by atoms with Crippen molar-refractivity contribution in [3.05, 3.63) is 35.5 Å². The van der Waals surface area contributed by atoms with Crippen LogP contribution in [0.5, 0.6) is 0 Å². The predicted octanol–water partition coefficient (Wildman–Crippen LogP) is 2.74. The molecule has 0 spiro atoms. The minimum absolute atomic E-state index is 0.0587.